The zero-order chi connectivity index (χ0) is 25.8. The van der Waals surface area contributed by atoms with E-state index in [0.717, 1.165) is 24.0 Å². The fourth-order valence-corrected chi connectivity index (χ4v) is 3.96. The number of carbonyl (C=O) groups excluding carboxylic acids is 2. The molecule has 0 radical (unpaired) electrons. The zero-order valence-electron chi connectivity index (χ0n) is 19.9. The largest absolute Gasteiger partial charge is 0.353 e. The lowest BCUT2D eigenvalue weighted by Gasteiger charge is -2.18. The van der Waals surface area contributed by atoms with Crippen LogP contribution < -0.4 is 10.6 Å². The van der Waals surface area contributed by atoms with E-state index in [0.29, 0.717) is 36.5 Å². The monoisotopic (exact) mass is 510 g/mol. The quantitative estimate of drug-likeness (QED) is 0.218. The van der Waals surface area contributed by atoms with Crippen LogP contribution in [0.2, 0.25) is 5.02 Å². The summed E-state index contributed by atoms with van der Waals surface area (Å²) in [6.07, 6.45) is 6.21. The van der Waals surface area contributed by atoms with E-state index in [1.807, 2.05) is 0 Å². The summed E-state index contributed by atoms with van der Waals surface area (Å²) in [7, 11) is 0. The molecule has 0 atom stereocenters. The molecular formula is C29H29ClF2N2O2. The van der Waals surface area contributed by atoms with Gasteiger partial charge in [0.1, 0.15) is 11.6 Å². The number of unbranched alkanes of at least 4 members (excludes halogenated alkanes) is 1. The van der Waals surface area contributed by atoms with Gasteiger partial charge in [0.05, 0.1) is 0 Å². The average Bonchev–Trinajstić information content (AvgIpc) is 2.88. The Morgan fingerprint density at radius 3 is 1.83 bits per heavy atom. The number of nitrogens with one attached hydrogen (secondary N) is 2. The molecule has 3 aromatic carbocycles. The standard InChI is InChI=1S/C29H29ClF2N2O2/c30-24-13-7-23(8-14-24)29(36)34-20-4-3-19-33-28(35)6-2-1-5-27(21-9-15-25(31)16-10-21)22-11-17-26(32)18-12-22/h3-4,7-18,27H,1-2,5-6,19-20H2,(H,33,35)(H,34,36). The number of benzene rings is 3. The third kappa shape index (κ3) is 8.93. The third-order valence-corrected chi connectivity index (χ3v) is 6.01. The van der Waals surface area contributed by atoms with Gasteiger partial charge in [-0.05, 0) is 72.5 Å². The van der Waals surface area contributed by atoms with Crippen LogP contribution in [-0.2, 0) is 4.79 Å². The molecule has 0 unspecified atom stereocenters. The van der Waals surface area contributed by atoms with E-state index in [1.165, 1.54) is 24.3 Å². The van der Waals surface area contributed by atoms with Gasteiger partial charge in [0.25, 0.3) is 5.91 Å². The highest BCUT2D eigenvalue weighted by atomic mass is 35.5. The van der Waals surface area contributed by atoms with Crippen molar-refractivity contribution >= 4 is 23.4 Å². The molecule has 0 heterocycles. The van der Waals surface area contributed by atoms with E-state index >= 15 is 0 Å². The molecule has 7 heteroatoms. The smallest absolute Gasteiger partial charge is 0.251 e. The highest BCUT2D eigenvalue weighted by Crippen LogP contribution is 2.30. The van der Waals surface area contributed by atoms with Crippen LogP contribution in [0, 0.1) is 11.6 Å². The molecule has 0 spiro atoms. The Morgan fingerprint density at radius 1 is 0.750 bits per heavy atom. The van der Waals surface area contributed by atoms with Crippen molar-refractivity contribution in [3.05, 3.63) is 118 Å². The van der Waals surface area contributed by atoms with Crippen molar-refractivity contribution in [2.24, 2.45) is 0 Å². The Kier molecular flexibility index (Phi) is 10.6. The fraction of sp³-hybridized carbons (Fsp3) is 0.241. The second kappa shape index (κ2) is 14.1. The van der Waals surface area contributed by atoms with E-state index < -0.39 is 0 Å². The third-order valence-electron chi connectivity index (χ3n) is 5.76. The number of hydrogen-bond acceptors (Lipinski definition) is 2. The summed E-state index contributed by atoms with van der Waals surface area (Å²) in [4.78, 5) is 24.2. The van der Waals surface area contributed by atoms with Crippen LogP contribution in [0.15, 0.2) is 84.9 Å². The van der Waals surface area contributed by atoms with Crippen LogP contribution in [0.3, 0.4) is 0 Å². The fourth-order valence-electron chi connectivity index (χ4n) is 3.83. The topological polar surface area (TPSA) is 58.2 Å². The summed E-state index contributed by atoms with van der Waals surface area (Å²) in [5.74, 6) is -0.845. The predicted octanol–water partition coefficient (Wildman–Crippen LogP) is 6.41. The van der Waals surface area contributed by atoms with Crippen LogP contribution in [0.1, 0.15) is 53.1 Å². The summed E-state index contributed by atoms with van der Waals surface area (Å²) in [6, 6.07) is 19.3. The van der Waals surface area contributed by atoms with Crippen molar-refractivity contribution < 1.29 is 18.4 Å². The Balaban J connectivity index is 1.36. The van der Waals surface area contributed by atoms with Gasteiger partial charge in [-0.25, -0.2) is 8.78 Å². The summed E-state index contributed by atoms with van der Waals surface area (Å²) in [6.45, 7) is 0.731. The van der Waals surface area contributed by atoms with Gasteiger partial charge in [0, 0.05) is 36.0 Å². The molecule has 3 rings (SSSR count). The van der Waals surface area contributed by atoms with E-state index in [1.54, 1.807) is 60.7 Å². The molecule has 0 aliphatic heterocycles. The van der Waals surface area contributed by atoms with Crippen molar-refractivity contribution in [1.82, 2.24) is 10.6 Å². The molecule has 2 amide bonds. The first-order valence-corrected chi connectivity index (χ1v) is 12.3. The maximum absolute atomic E-state index is 13.4. The van der Waals surface area contributed by atoms with E-state index in [4.69, 9.17) is 11.6 Å². The van der Waals surface area contributed by atoms with E-state index in [-0.39, 0.29) is 29.4 Å². The first-order valence-electron chi connectivity index (χ1n) is 11.9. The summed E-state index contributed by atoms with van der Waals surface area (Å²) < 4.78 is 26.7. The van der Waals surface area contributed by atoms with Gasteiger partial charge >= 0.3 is 0 Å². The molecule has 188 valence electrons. The van der Waals surface area contributed by atoms with Crippen molar-refractivity contribution in [2.45, 2.75) is 31.6 Å². The van der Waals surface area contributed by atoms with Gasteiger partial charge in [-0.1, -0.05) is 54.4 Å². The lowest BCUT2D eigenvalue weighted by Crippen LogP contribution is -2.24. The van der Waals surface area contributed by atoms with Crippen LogP contribution in [0.5, 0.6) is 0 Å². The summed E-state index contributed by atoms with van der Waals surface area (Å²) in [5, 5.41) is 6.18. The number of rotatable bonds is 12. The van der Waals surface area contributed by atoms with E-state index in [9.17, 15) is 18.4 Å². The molecule has 2 N–H and O–H groups in total. The molecular weight excluding hydrogens is 482 g/mol. The lowest BCUT2D eigenvalue weighted by atomic mass is 9.87. The van der Waals surface area contributed by atoms with Gasteiger partial charge in [-0.15, -0.1) is 0 Å². The predicted molar refractivity (Wildman–Crippen MR) is 139 cm³/mol. The van der Waals surface area contributed by atoms with Crippen molar-refractivity contribution in [2.75, 3.05) is 13.1 Å². The minimum absolute atomic E-state index is 0.000257. The van der Waals surface area contributed by atoms with Gasteiger partial charge in [-0.2, -0.15) is 0 Å². The van der Waals surface area contributed by atoms with Gasteiger partial charge in [-0.3, -0.25) is 9.59 Å². The highest BCUT2D eigenvalue weighted by Gasteiger charge is 2.15. The Bertz CT molecular complexity index is 1100. The summed E-state index contributed by atoms with van der Waals surface area (Å²) in [5.41, 5.74) is 2.45. The molecule has 3 aromatic rings. The van der Waals surface area contributed by atoms with Crippen LogP contribution in [0.4, 0.5) is 8.78 Å². The number of carbonyl (C=O) groups is 2. The minimum atomic E-state index is -0.300. The Hall–Kier alpha value is -3.51. The molecule has 0 aliphatic carbocycles. The first kappa shape index (κ1) is 27.1. The van der Waals surface area contributed by atoms with Crippen molar-refractivity contribution in [3.63, 3.8) is 0 Å². The molecule has 0 saturated carbocycles. The molecule has 36 heavy (non-hydrogen) atoms. The second-order valence-corrected chi connectivity index (χ2v) is 8.83. The number of hydrogen-bond donors (Lipinski definition) is 2. The number of halogens is 3. The molecule has 0 saturated heterocycles. The van der Waals surface area contributed by atoms with Crippen LogP contribution in [0.25, 0.3) is 0 Å². The van der Waals surface area contributed by atoms with Crippen LogP contribution in [-0.4, -0.2) is 24.9 Å². The highest BCUT2D eigenvalue weighted by molar-refractivity contribution is 6.30. The molecule has 0 fully saturated rings. The lowest BCUT2D eigenvalue weighted by molar-refractivity contribution is -0.121. The summed E-state index contributed by atoms with van der Waals surface area (Å²) >= 11 is 5.82. The van der Waals surface area contributed by atoms with E-state index in [2.05, 4.69) is 10.6 Å². The molecule has 0 aromatic heterocycles. The van der Waals surface area contributed by atoms with Crippen molar-refractivity contribution in [1.29, 1.82) is 0 Å². The molecule has 0 aliphatic rings. The van der Waals surface area contributed by atoms with Crippen molar-refractivity contribution in [3.8, 4) is 0 Å². The minimum Gasteiger partial charge on any atom is -0.353 e. The zero-order valence-corrected chi connectivity index (χ0v) is 20.6. The second-order valence-electron chi connectivity index (χ2n) is 8.39. The Labute approximate surface area is 215 Å². The van der Waals surface area contributed by atoms with Gasteiger partial charge in [0.15, 0.2) is 0 Å². The molecule has 4 nitrogen and oxygen atoms in total. The van der Waals surface area contributed by atoms with Gasteiger partial charge in [0.2, 0.25) is 5.91 Å². The average molecular weight is 511 g/mol. The molecule has 0 bridgehead atoms. The first-order chi connectivity index (χ1) is 17.4. The van der Waals surface area contributed by atoms with Gasteiger partial charge < -0.3 is 10.6 Å². The number of amides is 2. The maximum atomic E-state index is 13.4. The maximum Gasteiger partial charge on any atom is 0.251 e. The SMILES string of the molecule is O=C(CCCCC(c1ccc(F)cc1)c1ccc(F)cc1)NCC=CCNC(=O)c1ccc(Cl)cc1. The Morgan fingerprint density at radius 2 is 1.28 bits per heavy atom. The normalized spacial score (nSPS) is 11.1. The van der Waals surface area contributed by atoms with Crippen LogP contribution >= 0.6 is 11.6 Å².